The predicted octanol–water partition coefficient (Wildman–Crippen LogP) is 4.13. The van der Waals surface area contributed by atoms with Crippen LogP contribution in [0.5, 0.6) is 0 Å². The third kappa shape index (κ3) is 2.70. The van der Waals surface area contributed by atoms with Crippen molar-refractivity contribution in [1.29, 1.82) is 0 Å². The molecule has 2 rings (SSSR count). The molecule has 0 amide bonds. The van der Waals surface area contributed by atoms with Gasteiger partial charge in [-0.2, -0.15) is 13.2 Å². The van der Waals surface area contributed by atoms with Crippen LogP contribution in [0.4, 0.5) is 13.2 Å². The highest BCUT2D eigenvalue weighted by molar-refractivity contribution is 5.29. The number of halogens is 3. The first-order valence-electron chi connectivity index (χ1n) is 6.12. The van der Waals surface area contributed by atoms with Crippen molar-refractivity contribution in [2.45, 2.75) is 18.2 Å². The lowest BCUT2D eigenvalue weighted by Gasteiger charge is -2.35. The average Bonchev–Trinajstić information content (AvgIpc) is 2.45. The Morgan fingerprint density at radius 2 is 1.60 bits per heavy atom. The molecule has 2 aromatic rings. The SMILES string of the molecule is COC(Cc1cc[c]cc1)(c1ccccc1)C(F)(F)F. The Hall–Kier alpha value is -1.81. The number of ether oxygens (including phenoxy) is 1. The van der Waals surface area contributed by atoms with E-state index in [1.165, 1.54) is 12.1 Å². The van der Waals surface area contributed by atoms with Crippen molar-refractivity contribution in [3.8, 4) is 0 Å². The van der Waals surface area contributed by atoms with Gasteiger partial charge < -0.3 is 4.74 Å². The topological polar surface area (TPSA) is 9.23 Å². The molecule has 4 heteroatoms. The Kier molecular flexibility index (Phi) is 4.14. The molecule has 20 heavy (non-hydrogen) atoms. The molecule has 0 bridgehead atoms. The second-order valence-electron chi connectivity index (χ2n) is 4.48. The van der Waals surface area contributed by atoms with E-state index in [4.69, 9.17) is 4.74 Å². The maximum absolute atomic E-state index is 13.6. The second kappa shape index (κ2) is 5.67. The molecule has 0 aliphatic rings. The van der Waals surface area contributed by atoms with Crippen LogP contribution in [-0.4, -0.2) is 13.3 Å². The van der Waals surface area contributed by atoms with Crippen molar-refractivity contribution in [1.82, 2.24) is 0 Å². The third-order valence-electron chi connectivity index (χ3n) is 3.29. The summed E-state index contributed by atoms with van der Waals surface area (Å²) >= 11 is 0. The zero-order valence-corrected chi connectivity index (χ0v) is 10.9. The lowest BCUT2D eigenvalue weighted by Crippen LogP contribution is -2.46. The van der Waals surface area contributed by atoms with E-state index in [0.717, 1.165) is 7.11 Å². The van der Waals surface area contributed by atoms with E-state index in [0.29, 0.717) is 5.56 Å². The highest BCUT2D eigenvalue weighted by Gasteiger charge is 2.56. The molecule has 0 fully saturated rings. The molecule has 0 aromatic heterocycles. The standard InChI is InChI=1S/C16H14F3O/c1-20-15(16(17,18)19,14-10-6-3-7-11-14)12-13-8-4-2-5-9-13/h3-11H,12H2,1H3. The molecular weight excluding hydrogens is 265 g/mol. The first kappa shape index (κ1) is 14.6. The molecule has 0 saturated heterocycles. The monoisotopic (exact) mass is 279 g/mol. The molecular formula is C16H14F3O. The Morgan fingerprint density at radius 1 is 1.00 bits per heavy atom. The minimum absolute atomic E-state index is 0.0998. The van der Waals surface area contributed by atoms with E-state index in [-0.39, 0.29) is 12.0 Å². The van der Waals surface area contributed by atoms with Gasteiger partial charge in [0.2, 0.25) is 0 Å². The van der Waals surface area contributed by atoms with E-state index >= 15 is 0 Å². The van der Waals surface area contributed by atoms with Crippen molar-refractivity contribution in [3.05, 3.63) is 71.8 Å². The molecule has 0 saturated carbocycles. The van der Waals surface area contributed by atoms with Crippen LogP contribution in [0.1, 0.15) is 11.1 Å². The molecule has 0 aliphatic heterocycles. The van der Waals surface area contributed by atoms with Crippen LogP contribution in [0, 0.1) is 6.07 Å². The number of alkyl halides is 3. The first-order chi connectivity index (χ1) is 9.49. The van der Waals surface area contributed by atoms with Gasteiger partial charge >= 0.3 is 6.18 Å². The maximum atomic E-state index is 13.6. The number of benzene rings is 2. The fourth-order valence-electron chi connectivity index (χ4n) is 2.21. The molecule has 0 aliphatic carbocycles. The predicted molar refractivity (Wildman–Crippen MR) is 70.2 cm³/mol. The first-order valence-corrected chi connectivity index (χ1v) is 6.12. The Labute approximate surface area is 116 Å². The molecule has 0 heterocycles. The highest BCUT2D eigenvalue weighted by atomic mass is 19.4. The van der Waals surface area contributed by atoms with Crippen molar-refractivity contribution < 1.29 is 17.9 Å². The summed E-state index contributed by atoms with van der Waals surface area (Å²) in [6.07, 6.45) is -4.78. The molecule has 0 N–H and O–H groups in total. The zero-order chi connectivity index (χ0) is 14.6. The summed E-state index contributed by atoms with van der Waals surface area (Å²) in [5.41, 5.74) is -1.69. The molecule has 105 valence electrons. The van der Waals surface area contributed by atoms with E-state index < -0.39 is 11.8 Å². The highest BCUT2D eigenvalue weighted by Crippen LogP contribution is 2.44. The Morgan fingerprint density at radius 3 is 2.10 bits per heavy atom. The van der Waals surface area contributed by atoms with Crippen LogP contribution in [0.2, 0.25) is 0 Å². The average molecular weight is 279 g/mol. The van der Waals surface area contributed by atoms with Gasteiger partial charge in [0, 0.05) is 13.5 Å². The van der Waals surface area contributed by atoms with Crippen LogP contribution in [0.15, 0.2) is 54.6 Å². The molecule has 1 radical (unpaired) electrons. The number of rotatable bonds is 4. The Balaban J connectivity index is 2.49. The fraction of sp³-hybridized carbons (Fsp3) is 0.250. The summed E-state index contributed by atoms with van der Waals surface area (Å²) in [5, 5.41) is 0. The lowest BCUT2D eigenvalue weighted by atomic mass is 9.86. The summed E-state index contributed by atoms with van der Waals surface area (Å²) in [4.78, 5) is 0. The van der Waals surface area contributed by atoms with Crippen molar-refractivity contribution in [3.63, 3.8) is 0 Å². The van der Waals surface area contributed by atoms with E-state index in [9.17, 15) is 13.2 Å². The summed E-state index contributed by atoms with van der Waals surface area (Å²) < 4.78 is 45.8. The van der Waals surface area contributed by atoms with Gasteiger partial charge in [0.1, 0.15) is 0 Å². The van der Waals surface area contributed by atoms with Gasteiger partial charge in [-0.25, -0.2) is 0 Å². The lowest BCUT2D eigenvalue weighted by molar-refractivity contribution is -0.276. The van der Waals surface area contributed by atoms with Crippen LogP contribution < -0.4 is 0 Å². The largest absolute Gasteiger partial charge is 0.422 e. The molecule has 1 unspecified atom stereocenters. The fourth-order valence-corrected chi connectivity index (χ4v) is 2.21. The minimum Gasteiger partial charge on any atom is -0.364 e. The normalized spacial score (nSPS) is 14.8. The van der Waals surface area contributed by atoms with E-state index in [1.807, 2.05) is 0 Å². The summed E-state index contributed by atoms with van der Waals surface area (Å²) in [7, 11) is 1.09. The van der Waals surface area contributed by atoms with Gasteiger partial charge in [-0.3, -0.25) is 0 Å². The van der Waals surface area contributed by atoms with Gasteiger partial charge in [-0.05, 0) is 17.2 Å². The van der Waals surface area contributed by atoms with Crippen LogP contribution in [-0.2, 0) is 16.8 Å². The van der Waals surface area contributed by atoms with Gasteiger partial charge in [0.25, 0.3) is 0 Å². The summed E-state index contributed by atoms with van der Waals surface area (Å²) in [6, 6.07) is 16.9. The minimum atomic E-state index is -4.51. The zero-order valence-electron chi connectivity index (χ0n) is 10.9. The van der Waals surface area contributed by atoms with E-state index in [2.05, 4.69) is 6.07 Å². The van der Waals surface area contributed by atoms with Crippen molar-refractivity contribution in [2.24, 2.45) is 0 Å². The van der Waals surface area contributed by atoms with Crippen LogP contribution in [0.25, 0.3) is 0 Å². The second-order valence-corrected chi connectivity index (χ2v) is 4.48. The van der Waals surface area contributed by atoms with Crippen LogP contribution in [0.3, 0.4) is 0 Å². The van der Waals surface area contributed by atoms with Crippen molar-refractivity contribution >= 4 is 0 Å². The number of methoxy groups -OCH3 is 1. The molecule has 0 spiro atoms. The number of hydrogen-bond acceptors (Lipinski definition) is 1. The quantitative estimate of drug-likeness (QED) is 0.817. The third-order valence-corrected chi connectivity index (χ3v) is 3.29. The van der Waals surface area contributed by atoms with Gasteiger partial charge in [-0.1, -0.05) is 54.6 Å². The van der Waals surface area contributed by atoms with Crippen molar-refractivity contribution in [2.75, 3.05) is 7.11 Å². The summed E-state index contributed by atoms with van der Waals surface area (Å²) in [5.74, 6) is 0. The number of hydrogen-bond donors (Lipinski definition) is 0. The van der Waals surface area contributed by atoms with Gasteiger partial charge in [-0.15, -0.1) is 0 Å². The smallest absolute Gasteiger partial charge is 0.364 e. The summed E-state index contributed by atoms with van der Waals surface area (Å²) in [6.45, 7) is 0. The Bertz CT molecular complexity index is 537. The molecule has 1 atom stereocenters. The molecule has 1 nitrogen and oxygen atoms in total. The maximum Gasteiger partial charge on any atom is 0.422 e. The van der Waals surface area contributed by atoms with Gasteiger partial charge in [0.05, 0.1) is 0 Å². The van der Waals surface area contributed by atoms with E-state index in [1.54, 1.807) is 42.5 Å². The van der Waals surface area contributed by atoms with Gasteiger partial charge in [0.15, 0.2) is 5.60 Å². The molecule has 2 aromatic carbocycles. The van der Waals surface area contributed by atoms with Crippen LogP contribution >= 0.6 is 0 Å².